The van der Waals surface area contributed by atoms with Crippen LogP contribution in [-0.2, 0) is 0 Å². The first-order chi connectivity index (χ1) is 11.7. The molecule has 0 bridgehead atoms. The molecule has 7 heteroatoms. The van der Waals surface area contributed by atoms with Crippen LogP contribution in [0, 0.1) is 6.92 Å². The minimum absolute atomic E-state index is 0.0392. The molecule has 0 radical (unpaired) electrons. The number of likely N-dealkylation sites (tertiary alicyclic amines) is 1. The van der Waals surface area contributed by atoms with E-state index in [9.17, 15) is 4.79 Å². The summed E-state index contributed by atoms with van der Waals surface area (Å²) in [7, 11) is 0. The third-order valence-corrected chi connectivity index (χ3v) is 4.38. The SMILES string of the molecule is Cc1nc2c(NC3CCN(C(=O)c4ccoc4)CC3)cccn2n1. The minimum Gasteiger partial charge on any atom is -0.472 e. The zero-order valence-electron chi connectivity index (χ0n) is 13.5. The van der Waals surface area contributed by atoms with Crippen molar-refractivity contribution in [2.75, 3.05) is 18.4 Å². The molecule has 24 heavy (non-hydrogen) atoms. The van der Waals surface area contributed by atoms with Gasteiger partial charge in [0.25, 0.3) is 5.91 Å². The molecule has 3 aromatic rings. The number of hydrogen-bond acceptors (Lipinski definition) is 5. The van der Waals surface area contributed by atoms with E-state index in [0.717, 1.165) is 43.1 Å². The average Bonchev–Trinajstić information content (AvgIpc) is 3.24. The smallest absolute Gasteiger partial charge is 0.257 e. The van der Waals surface area contributed by atoms with Crippen LogP contribution in [0.15, 0.2) is 41.3 Å². The van der Waals surface area contributed by atoms with Crippen LogP contribution in [0.3, 0.4) is 0 Å². The van der Waals surface area contributed by atoms with Gasteiger partial charge in [0, 0.05) is 25.3 Å². The van der Waals surface area contributed by atoms with Gasteiger partial charge in [-0.3, -0.25) is 4.79 Å². The third kappa shape index (κ3) is 2.73. The fourth-order valence-electron chi connectivity index (χ4n) is 3.14. The topological polar surface area (TPSA) is 75.7 Å². The monoisotopic (exact) mass is 325 g/mol. The molecule has 1 amide bonds. The first-order valence-electron chi connectivity index (χ1n) is 8.11. The number of carbonyl (C=O) groups is 1. The molecular formula is C17H19N5O2. The van der Waals surface area contributed by atoms with Crippen LogP contribution in [0.1, 0.15) is 29.0 Å². The number of fused-ring (bicyclic) bond motifs is 1. The van der Waals surface area contributed by atoms with Crippen molar-refractivity contribution < 1.29 is 9.21 Å². The van der Waals surface area contributed by atoms with Crippen LogP contribution >= 0.6 is 0 Å². The van der Waals surface area contributed by atoms with Crippen LogP contribution < -0.4 is 5.32 Å². The van der Waals surface area contributed by atoms with Gasteiger partial charge in [0.05, 0.1) is 17.5 Å². The normalized spacial score (nSPS) is 15.8. The Kier molecular flexibility index (Phi) is 3.68. The maximum absolute atomic E-state index is 12.3. The van der Waals surface area contributed by atoms with Crippen LogP contribution in [0.25, 0.3) is 5.65 Å². The van der Waals surface area contributed by atoms with Gasteiger partial charge in [-0.25, -0.2) is 9.50 Å². The molecule has 0 atom stereocenters. The van der Waals surface area contributed by atoms with Gasteiger partial charge in [-0.15, -0.1) is 0 Å². The molecular weight excluding hydrogens is 306 g/mol. The van der Waals surface area contributed by atoms with Crippen LogP contribution in [0.2, 0.25) is 0 Å². The Labute approximate surface area is 139 Å². The van der Waals surface area contributed by atoms with E-state index in [4.69, 9.17) is 4.42 Å². The first kappa shape index (κ1) is 14.7. The molecule has 0 saturated carbocycles. The van der Waals surface area contributed by atoms with E-state index in [2.05, 4.69) is 15.4 Å². The molecule has 4 rings (SSSR count). The molecule has 0 aliphatic carbocycles. The Morgan fingerprint density at radius 3 is 2.92 bits per heavy atom. The number of aryl methyl sites for hydroxylation is 1. The van der Waals surface area contributed by atoms with Gasteiger partial charge in [-0.2, -0.15) is 5.10 Å². The van der Waals surface area contributed by atoms with Gasteiger partial charge in [-0.05, 0) is 38.0 Å². The standard InChI is InChI=1S/C17H19N5O2/c1-12-18-16-15(3-2-7-22(16)20-12)19-14-4-8-21(9-5-14)17(23)13-6-10-24-11-13/h2-3,6-7,10-11,14,19H,4-5,8-9H2,1H3. The molecule has 0 unspecified atom stereocenters. The second kappa shape index (κ2) is 5.99. The van der Waals surface area contributed by atoms with Gasteiger partial charge < -0.3 is 14.6 Å². The van der Waals surface area contributed by atoms with Crippen molar-refractivity contribution in [3.05, 3.63) is 48.3 Å². The maximum Gasteiger partial charge on any atom is 0.257 e. The Balaban J connectivity index is 1.42. The van der Waals surface area contributed by atoms with E-state index in [0.29, 0.717) is 11.6 Å². The van der Waals surface area contributed by atoms with Crippen molar-refractivity contribution >= 4 is 17.2 Å². The van der Waals surface area contributed by atoms with Gasteiger partial charge in [-0.1, -0.05) is 0 Å². The van der Waals surface area contributed by atoms with Crippen LogP contribution in [0.5, 0.6) is 0 Å². The number of carbonyl (C=O) groups excluding carboxylic acids is 1. The molecule has 3 aromatic heterocycles. The van der Waals surface area contributed by atoms with E-state index < -0.39 is 0 Å². The van der Waals surface area contributed by atoms with Crippen molar-refractivity contribution in [3.63, 3.8) is 0 Å². The number of nitrogens with zero attached hydrogens (tertiary/aromatic N) is 4. The zero-order valence-corrected chi connectivity index (χ0v) is 13.5. The molecule has 1 N–H and O–H groups in total. The van der Waals surface area contributed by atoms with Gasteiger partial charge >= 0.3 is 0 Å². The van der Waals surface area contributed by atoms with Gasteiger partial charge in [0.15, 0.2) is 5.65 Å². The lowest BCUT2D eigenvalue weighted by Crippen LogP contribution is -2.42. The molecule has 0 aromatic carbocycles. The average molecular weight is 325 g/mol. The second-order valence-electron chi connectivity index (χ2n) is 6.07. The Bertz CT molecular complexity index is 847. The summed E-state index contributed by atoms with van der Waals surface area (Å²) in [5.41, 5.74) is 2.44. The predicted octanol–water partition coefficient (Wildman–Crippen LogP) is 2.35. The Morgan fingerprint density at radius 1 is 1.33 bits per heavy atom. The fourth-order valence-corrected chi connectivity index (χ4v) is 3.14. The third-order valence-electron chi connectivity index (χ3n) is 4.38. The van der Waals surface area contributed by atoms with Crippen molar-refractivity contribution in [2.24, 2.45) is 0 Å². The van der Waals surface area contributed by atoms with Crippen molar-refractivity contribution in [2.45, 2.75) is 25.8 Å². The summed E-state index contributed by atoms with van der Waals surface area (Å²) >= 11 is 0. The summed E-state index contributed by atoms with van der Waals surface area (Å²) in [4.78, 5) is 18.7. The maximum atomic E-state index is 12.3. The minimum atomic E-state index is 0.0392. The second-order valence-corrected chi connectivity index (χ2v) is 6.07. The predicted molar refractivity (Wildman–Crippen MR) is 89.0 cm³/mol. The van der Waals surface area contributed by atoms with E-state index in [1.54, 1.807) is 10.6 Å². The van der Waals surface area contributed by atoms with Gasteiger partial charge in [0.1, 0.15) is 12.1 Å². The zero-order chi connectivity index (χ0) is 16.5. The molecule has 0 spiro atoms. The molecule has 1 saturated heterocycles. The van der Waals surface area contributed by atoms with Crippen LogP contribution in [0.4, 0.5) is 5.69 Å². The van der Waals surface area contributed by atoms with E-state index >= 15 is 0 Å². The number of hydrogen-bond donors (Lipinski definition) is 1. The summed E-state index contributed by atoms with van der Waals surface area (Å²) in [6.07, 6.45) is 6.73. The molecule has 1 aliphatic heterocycles. The number of rotatable bonds is 3. The van der Waals surface area contributed by atoms with Crippen molar-refractivity contribution in [1.29, 1.82) is 0 Å². The number of amides is 1. The molecule has 7 nitrogen and oxygen atoms in total. The Morgan fingerprint density at radius 2 is 2.17 bits per heavy atom. The first-order valence-corrected chi connectivity index (χ1v) is 8.11. The molecule has 1 aliphatic rings. The lowest BCUT2D eigenvalue weighted by atomic mass is 10.0. The summed E-state index contributed by atoms with van der Waals surface area (Å²) in [6, 6.07) is 6.01. The summed E-state index contributed by atoms with van der Waals surface area (Å²) < 4.78 is 6.78. The lowest BCUT2D eigenvalue weighted by Gasteiger charge is -2.32. The van der Waals surface area contributed by atoms with Gasteiger partial charge in [0.2, 0.25) is 0 Å². The van der Waals surface area contributed by atoms with E-state index in [-0.39, 0.29) is 5.91 Å². The highest BCUT2D eigenvalue weighted by Gasteiger charge is 2.24. The largest absolute Gasteiger partial charge is 0.472 e. The van der Waals surface area contributed by atoms with E-state index in [1.165, 1.54) is 12.5 Å². The summed E-state index contributed by atoms with van der Waals surface area (Å²) in [6.45, 7) is 3.35. The quantitative estimate of drug-likeness (QED) is 0.800. The van der Waals surface area contributed by atoms with E-state index in [1.807, 2.05) is 30.2 Å². The number of piperidine rings is 1. The molecule has 4 heterocycles. The number of anilines is 1. The highest BCUT2D eigenvalue weighted by Crippen LogP contribution is 2.21. The van der Waals surface area contributed by atoms with Crippen LogP contribution in [-0.4, -0.2) is 44.5 Å². The number of furan rings is 1. The number of aromatic nitrogens is 3. The molecule has 1 fully saturated rings. The number of nitrogens with one attached hydrogen (secondary N) is 1. The summed E-state index contributed by atoms with van der Waals surface area (Å²) in [5, 5.41) is 7.89. The Hall–Kier alpha value is -2.83. The lowest BCUT2D eigenvalue weighted by molar-refractivity contribution is 0.0718. The molecule has 124 valence electrons. The fraction of sp³-hybridized carbons (Fsp3) is 0.353. The number of pyridine rings is 1. The highest BCUT2D eigenvalue weighted by atomic mass is 16.3. The van der Waals surface area contributed by atoms with Crippen molar-refractivity contribution in [3.8, 4) is 0 Å². The highest BCUT2D eigenvalue weighted by molar-refractivity contribution is 5.93. The van der Waals surface area contributed by atoms with Crippen molar-refractivity contribution in [1.82, 2.24) is 19.5 Å². The summed E-state index contributed by atoms with van der Waals surface area (Å²) in [5.74, 6) is 0.794.